The summed E-state index contributed by atoms with van der Waals surface area (Å²) in [5.74, 6) is 0.837. The molecule has 0 saturated carbocycles. The summed E-state index contributed by atoms with van der Waals surface area (Å²) in [7, 11) is 1.87. The fraction of sp³-hybridized carbons (Fsp3) is 0.611. The molecule has 0 saturated heterocycles. The largest absolute Gasteiger partial charge is 0.491 e. The van der Waals surface area contributed by atoms with Gasteiger partial charge in [0.25, 0.3) is 0 Å². The van der Waals surface area contributed by atoms with Crippen LogP contribution < -0.4 is 10.1 Å². The predicted molar refractivity (Wildman–Crippen MR) is 96.5 cm³/mol. The number of benzene rings is 1. The average molecular weight is 327 g/mol. The van der Waals surface area contributed by atoms with E-state index >= 15 is 0 Å². The first-order valence-corrected chi connectivity index (χ1v) is 8.28. The Morgan fingerprint density at radius 1 is 0.913 bits per heavy atom. The average Bonchev–Trinajstić information content (AvgIpc) is 2.61. The van der Waals surface area contributed by atoms with E-state index in [1.807, 2.05) is 59.0 Å². The van der Waals surface area contributed by atoms with Gasteiger partial charge in [0.15, 0.2) is 5.78 Å². The summed E-state index contributed by atoms with van der Waals surface area (Å²) in [6.45, 7) is 11.5. The van der Waals surface area contributed by atoms with Crippen molar-refractivity contribution in [3.8, 4) is 5.75 Å². The van der Waals surface area contributed by atoms with Gasteiger partial charge in [-0.15, -0.1) is 0 Å². The molecule has 0 bridgehead atoms. The maximum absolute atomic E-state index is 10.6. The van der Waals surface area contributed by atoms with E-state index in [1.54, 1.807) is 0 Å². The van der Waals surface area contributed by atoms with E-state index in [2.05, 4.69) is 5.32 Å². The number of rotatable bonds is 10. The maximum Gasteiger partial charge on any atom is 0.155 e. The second-order valence-electron chi connectivity index (χ2n) is 3.99. The molecule has 0 unspecified atom stereocenters. The standard InChI is InChI=1S/C14H21NO4.2C2H6/c1-12(16)11-18-8-7-17-9-10-19-14-5-3-13(15-2)4-6-14;2*1-2/h3-6,15H,7-11H2,1-2H3;2*1-2H3. The van der Waals surface area contributed by atoms with Gasteiger partial charge in [-0.2, -0.15) is 0 Å². The van der Waals surface area contributed by atoms with Gasteiger partial charge < -0.3 is 19.5 Å². The molecule has 0 aliphatic heterocycles. The van der Waals surface area contributed by atoms with Crippen LogP contribution in [0.2, 0.25) is 0 Å². The van der Waals surface area contributed by atoms with E-state index in [1.165, 1.54) is 6.92 Å². The lowest BCUT2D eigenvalue weighted by Crippen LogP contribution is -2.13. The van der Waals surface area contributed by atoms with E-state index < -0.39 is 0 Å². The van der Waals surface area contributed by atoms with Crippen molar-refractivity contribution in [3.63, 3.8) is 0 Å². The second-order valence-corrected chi connectivity index (χ2v) is 3.99. The topological polar surface area (TPSA) is 56.8 Å². The smallest absolute Gasteiger partial charge is 0.155 e. The lowest BCUT2D eigenvalue weighted by atomic mass is 10.3. The van der Waals surface area contributed by atoms with Crippen LogP contribution in [-0.4, -0.2) is 45.9 Å². The summed E-state index contributed by atoms with van der Waals surface area (Å²) < 4.78 is 15.9. The minimum absolute atomic E-state index is 0.0216. The number of hydrogen-bond acceptors (Lipinski definition) is 5. The van der Waals surface area contributed by atoms with Gasteiger partial charge >= 0.3 is 0 Å². The minimum Gasteiger partial charge on any atom is -0.491 e. The summed E-state index contributed by atoms with van der Waals surface area (Å²) in [6.07, 6.45) is 0. The molecule has 0 aromatic heterocycles. The van der Waals surface area contributed by atoms with Gasteiger partial charge in [-0.05, 0) is 31.2 Å². The van der Waals surface area contributed by atoms with Crippen LogP contribution in [0, 0.1) is 0 Å². The number of carbonyl (C=O) groups is 1. The Morgan fingerprint density at radius 2 is 1.43 bits per heavy atom. The number of anilines is 1. The highest BCUT2D eigenvalue weighted by atomic mass is 16.5. The molecule has 0 radical (unpaired) electrons. The van der Waals surface area contributed by atoms with Crippen molar-refractivity contribution in [3.05, 3.63) is 24.3 Å². The molecule has 0 fully saturated rings. The Morgan fingerprint density at radius 3 is 1.96 bits per heavy atom. The lowest BCUT2D eigenvalue weighted by molar-refractivity contribution is -0.122. The third kappa shape index (κ3) is 15.1. The van der Waals surface area contributed by atoms with Crippen molar-refractivity contribution in [1.29, 1.82) is 0 Å². The highest BCUT2D eigenvalue weighted by Gasteiger charge is 1.96. The number of ether oxygens (including phenoxy) is 3. The molecule has 0 spiro atoms. The monoisotopic (exact) mass is 327 g/mol. The van der Waals surface area contributed by atoms with Crippen LogP contribution >= 0.6 is 0 Å². The van der Waals surface area contributed by atoms with E-state index in [0.717, 1.165) is 11.4 Å². The number of Topliss-reactive ketones (excluding diaryl/α,β-unsaturated/α-hetero) is 1. The first-order chi connectivity index (χ1) is 11.2. The number of hydrogen-bond donors (Lipinski definition) is 1. The molecule has 1 aromatic carbocycles. The molecular formula is C18H33NO4. The fourth-order valence-corrected chi connectivity index (χ4v) is 1.37. The van der Waals surface area contributed by atoms with Gasteiger partial charge in [-0.1, -0.05) is 27.7 Å². The zero-order chi connectivity index (χ0) is 17.9. The summed E-state index contributed by atoms with van der Waals surface area (Å²) in [5.41, 5.74) is 1.05. The van der Waals surface area contributed by atoms with Crippen LogP contribution in [0.15, 0.2) is 24.3 Å². The summed E-state index contributed by atoms with van der Waals surface area (Å²) in [6, 6.07) is 7.71. The van der Waals surface area contributed by atoms with Crippen LogP contribution in [0.4, 0.5) is 5.69 Å². The van der Waals surface area contributed by atoms with Gasteiger partial charge in [0.05, 0.1) is 19.8 Å². The van der Waals surface area contributed by atoms with E-state index in [-0.39, 0.29) is 12.4 Å². The Balaban J connectivity index is 0. The summed E-state index contributed by atoms with van der Waals surface area (Å²) in [4.78, 5) is 10.6. The van der Waals surface area contributed by atoms with Crippen molar-refractivity contribution < 1.29 is 19.0 Å². The van der Waals surface area contributed by atoms with Crippen molar-refractivity contribution in [2.45, 2.75) is 34.6 Å². The van der Waals surface area contributed by atoms with Crippen LogP contribution in [0.25, 0.3) is 0 Å². The van der Waals surface area contributed by atoms with Crippen molar-refractivity contribution >= 4 is 11.5 Å². The number of nitrogens with one attached hydrogen (secondary N) is 1. The van der Waals surface area contributed by atoms with Gasteiger partial charge in [0.2, 0.25) is 0 Å². The molecule has 1 aromatic rings. The first kappa shape index (κ1) is 23.7. The Kier molecular flexibility index (Phi) is 19.0. The molecule has 0 atom stereocenters. The van der Waals surface area contributed by atoms with Crippen molar-refractivity contribution in [1.82, 2.24) is 0 Å². The zero-order valence-corrected chi connectivity index (χ0v) is 15.5. The Bertz CT molecular complexity index is 366. The third-order valence-corrected chi connectivity index (χ3v) is 2.32. The van der Waals surface area contributed by atoms with Crippen LogP contribution in [0.5, 0.6) is 5.75 Å². The zero-order valence-electron chi connectivity index (χ0n) is 15.5. The molecule has 0 aliphatic carbocycles. The normalized spacial score (nSPS) is 8.96. The van der Waals surface area contributed by atoms with Gasteiger partial charge in [-0.25, -0.2) is 0 Å². The van der Waals surface area contributed by atoms with Crippen molar-refractivity contribution in [2.24, 2.45) is 0 Å². The van der Waals surface area contributed by atoms with E-state index in [0.29, 0.717) is 26.4 Å². The highest BCUT2D eigenvalue weighted by molar-refractivity contribution is 5.76. The molecule has 5 heteroatoms. The minimum atomic E-state index is 0.0216. The molecule has 23 heavy (non-hydrogen) atoms. The molecule has 1 rings (SSSR count). The molecule has 0 aliphatic rings. The second kappa shape index (κ2) is 18.5. The Labute approximate surface area is 141 Å². The van der Waals surface area contributed by atoms with Crippen LogP contribution in [-0.2, 0) is 14.3 Å². The quantitative estimate of drug-likeness (QED) is 0.663. The van der Waals surface area contributed by atoms with E-state index in [4.69, 9.17) is 14.2 Å². The molecule has 1 N–H and O–H groups in total. The van der Waals surface area contributed by atoms with Gasteiger partial charge in [0.1, 0.15) is 19.0 Å². The summed E-state index contributed by atoms with van der Waals surface area (Å²) in [5, 5.41) is 3.04. The predicted octanol–water partition coefficient (Wildman–Crippen LogP) is 3.78. The van der Waals surface area contributed by atoms with Crippen LogP contribution in [0.1, 0.15) is 34.6 Å². The van der Waals surface area contributed by atoms with Crippen molar-refractivity contribution in [2.75, 3.05) is 45.4 Å². The van der Waals surface area contributed by atoms with Gasteiger partial charge in [-0.3, -0.25) is 4.79 Å². The van der Waals surface area contributed by atoms with Gasteiger partial charge in [0, 0.05) is 12.7 Å². The number of carbonyl (C=O) groups excluding carboxylic acids is 1. The Hall–Kier alpha value is -1.59. The SMILES string of the molecule is CC.CC.CNc1ccc(OCCOCCOCC(C)=O)cc1. The third-order valence-electron chi connectivity index (χ3n) is 2.32. The molecule has 0 amide bonds. The molecule has 0 heterocycles. The lowest BCUT2D eigenvalue weighted by Gasteiger charge is -2.08. The number of ketones is 1. The molecule has 134 valence electrons. The fourth-order valence-electron chi connectivity index (χ4n) is 1.37. The molecular weight excluding hydrogens is 294 g/mol. The first-order valence-electron chi connectivity index (χ1n) is 8.28. The summed E-state index contributed by atoms with van der Waals surface area (Å²) >= 11 is 0. The highest BCUT2D eigenvalue weighted by Crippen LogP contribution is 2.14. The molecule has 5 nitrogen and oxygen atoms in total. The van der Waals surface area contributed by atoms with Crippen LogP contribution in [0.3, 0.4) is 0 Å². The maximum atomic E-state index is 10.6. The van der Waals surface area contributed by atoms with E-state index in [9.17, 15) is 4.79 Å².